The number of hydrogen-bond donors (Lipinski definition) is 2. The van der Waals surface area contributed by atoms with Gasteiger partial charge in [0.2, 0.25) is 0 Å². The predicted molar refractivity (Wildman–Crippen MR) is 99.3 cm³/mol. The first kappa shape index (κ1) is 17.6. The van der Waals surface area contributed by atoms with Crippen LogP contribution in [0.4, 0.5) is 5.69 Å². The van der Waals surface area contributed by atoms with Gasteiger partial charge < -0.3 is 10.1 Å². The molecule has 0 amide bonds. The van der Waals surface area contributed by atoms with E-state index in [0.717, 1.165) is 29.3 Å². The molecule has 3 nitrogen and oxygen atoms in total. The van der Waals surface area contributed by atoms with Crippen molar-refractivity contribution in [3.8, 4) is 18.1 Å². The monoisotopic (exact) mass is 346 g/mol. The van der Waals surface area contributed by atoms with Crippen molar-refractivity contribution in [1.82, 2.24) is 4.72 Å². The van der Waals surface area contributed by atoms with Gasteiger partial charge >= 0.3 is 0 Å². The molecule has 2 N–H and O–H groups in total. The highest BCUT2D eigenvalue weighted by Gasteiger charge is 2.03. The molecule has 0 atom stereocenters. The van der Waals surface area contributed by atoms with Crippen LogP contribution in [0.5, 0.6) is 5.75 Å². The van der Waals surface area contributed by atoms with Crippen LogP contribution in [0.1, 0.15) is 5.56 Å². The number of methoxy groups -OCH3 is 1. The minimum absolute atomic E-state index is 0.553. The average Bonchev–Trinajstić information content (AvgIpc) is 2.57. The normalized spacial score (nSPS) is 10.1. The summed E-state index contributed by atoms with van der Waals surface area (Å²) in [4.78, 5) is 1.15. The molecule has 0 aliphatic carbocycles. The number of rotatable bonds is 8. The van der Waals surface area contributed by atoms with Gasteiger partial charge in [-0.3, -0.25) is 0 Å². The minimum atomic E-state index is 0.553. The Labute approximate surface area is 146 Å². The lowest BCUT2D eigenvalue weighted by atomic mass is 10.1. The first-order valence-corrected chi connectivity index (χ1v) is 8.42. The molecular weight excluding hydrogens is 328 g/mol. The maximum Gasteiger partial charge on any atom is 0.142 e. The Morgan fingerprint density at radius 3 is 2.70 bits per heavy atom. The van der Waals surface area contributed by atoms with Crippen LogP contribution in [-0.4, -0.2) is 20.2 Å². The average molecular weight is 347 g/mol. The Hall–Kier alpha value is -1.80. The molecule has 0 radical (unpaired) electrons. The zero-order chi connectivity index (χ0) is 16.5. The van der Waals surface area contributed by atoms with Gasteiger partial charge in [-0.1, -0.05) is 29.7 Å². The second-order valence-electron chi connectivity index (χ2n) is 4.79. The van der Waals surface area contributed by atoms with Crippen molar-refractivity contribution in [2.75, 3.05) is 25.5 Å². The molecule has 0 aromatic heterocycles. The fourth-order valence-electron chi connectivity index (χ4n) is 2.05. The van der Waals surface area contributed by atoms with Crippen molar-refractivity contribution in [3.05, 3.63) is 53.1 Å². The lowest BCUT2D eigenvalue weighted by Crippen LogP contribution is -2.06. The van der Waals surface area contributed by atoms with Crippen LogP contribution < -0.4 is 14.8 Å². The molecule has 120 valence electrons. The Balaban J connectivity index is 1.84. The van der Waals surface area contributed by atoms with Gasteiger partial charge in [-0.25, -0.2) is 4.72 Å². The summed E-state index contributed by atoms with van der Waals surface area (Å²) in [6, 6.07) is 14.0. The highest BCUT2D eigenvalue weighted by molar-refractivity contribution is 7.97. The van der Waals surface area contributed by atoms with Crippen LogP contribution in [-0.2, 0) is 6.42 Å². The number of hydrogen-bond acceptors (Lipinski definition) is 4. The van der Waals surface area contributed by atoms with Gasteiger partial charge in [0, 0.05) is 16.5 Å². The fourth-order valence-corrected chi connectivity index (χ4v) is 2.81. The van der Waals surface area contributed by atoms with E-state index in [-0.39, 0.29) is 0 Å². The first-order chi connectivity index (χ1) is 11.2. The number of halogens is 1. The van der Waals surface area contributed by atoms with E-state index < -0.39 is 0 Å². The summed E-state index contributed by atoms with van der Waals surface area (Å²) in [6.07, 6.45) is 6.11. The van der Waals surface area contributed by atoms with E-state index in [1.807, 2.05) is 18.2 Å². The second-order valence-corrected chi connectivity index (χ2v) is 6.19. The van der Waals surface area contributed by atoms with Gasteiger partial charge in [-0.05, 0) is 54.3 Å². The van der Waals surface area contributed by atoms with Crippen LogP contribution >= 0.6 is 23.5 Å². The van der Waals surface area contributed by atoms with Crippen molar-refractivity contribution in [2.45, 2.75) is 11.3 Å². The van der Waals surface area contributed by atoms with Gasteiger partial charge in [0.1, 0.15) is 5.75 Å². The number of benzene rings is 2. The molecule has 0 aliphatic rings. The summed E-state index contributed by atoms with van der Waals surface area (Å²) in [6.45, 7) is 1.36. The summed E-state index contributed by atoms with van der Waals surface area (Å²) in [5, 5.41) is 4.05. The van der Waals surface area contributed by atoms with E-state index in [4.69, 9.17) is 22.8 Å². The summed E-state index contributed by atoms with van der Waals surface area (Å²) in [5.41, 5.74) is 2.17. The van der Waals surface area contributed by atoms with Gasteiger partial charge in [0.05, 0.1) is 19.3 Å². The van der Waals surface area contributed by atoms with Crippen LogP contribution in [0, 0.1) is 12.3 Å². The zero-order valence-corrected chi connectivity index (χ0v) is 14.5. The number of terminal acetylenes is 1. The van der Waals surface area contributed by atoms with Crippen molar-refractivity contribution in [1.29, 1.82) is 0 Å². The Kier molecular flexibility index (Phi) is 7.15. The topological polar surface area (TPSA) is 33.3 Å². The molecule has 0 heterocycles. The van der Waals surface area contributed by atoms with Gasteiger partial charge in [0.15, 0.2) is 0 Å². The van der Waals surface area contributed by atoms with Crippen molar-refractivity contribution < 1.29 is 4.74 Å². The Morgan fingerprint density at radius 2 is 2.00 bits per heavy atom. The van der Waals surface area contributed by atoms with Gasteiger partial charge in [0.25, 0.3) is 0 Å². The highest BCUT2D eigenvalue weighted by atomic mass is 35.5. The lowest BCUT2D eigenvalue weighted by molar-refractivity contribution is 0.416. The maximum absolute atomic E-state index is 6.02. The minimum Gasteiger partial charge on any atom is -0.495 e. The molecule has 0 aliphatic heterocycles. The smallest absolute Gasteiger partial charge is 0.142 e. The summed E-state index contributed by atoms with van der Waals surface area (Å²) in [5.74, 6) is 3.34. The van der Waals surface area contributed by atoms with E-state index >= 15 is 0 Å². The molecule has 2 aromatic rings. The fraction of sp³-hybridized carbons (Fsp3) is 0.222. The molecule has 5 heteroatoms. The van der Waals surface area contributed by atoms with E-state index in [2.05, 4.69) is 40.2 Å². The lowest BCUT2D eigenvalue weighted by Gasteiger charge is -2.11. The third-order valence-electron chi connectivity index (χ3n) is 3.18. The third-order valence-corrected chi connectivity index (χ3v) is 4.21. The Morgan fingerprint density at radius 1 is 1.22 bits per heavy atom. The standard InChI is InChI=1S/C18H19ClN2OS/c1-3-11-21-23-16-7-4-14(5-8-16)10-12-20-17-13-15(19)6-9-18(17)22-2/h1,4-9,13,20-21H,10-12H2,2H3. The Bertz CT molecular complexity index is 668. The van der Waals surface area contributed by atoms with Crippen LogP contribution in [0.25, 0.3) is 0 Å². The molecular formula is C18H19ClN2OS. The molecule has 0 unspecified atom stereocenters. The predicted octanol–water partition coefficient (Wildman–Crippen LogP) is 4.23. The second kappa shape index (κ2) is 9.36. The molecule has 0 fully saturated rings. The van der Waals surface area contributed by atoms with Gasteiger partial charge in [-0.15, -0.1) is 6.42 Å². The van der Waals surface area contributed by atoms with Crippen LogP contribution in [0.15, 0.2) is 47.4 Å². The molecule has 0 bridgehead atoms. The zero-order valence-electron chi connectivity index (χ0n) is 12.9. The summed E-state index contributed by atoms with van der Waals surface area (Å²) >= 11 is 7.56. The van der Waals surface area contributed by atoms with Crippen LogP contribution in [0.2, 0.25) is 5.02 Å². The van der Waals surface area contributed by atoms with E-state index in [1.165, 1.54) is 5.56 Å². The van der Waals surface area contributed by atoms with Crippen molar-refractivity contribution >= 4 is 29.2 Å². The first-order valence-electron chi connectivity index (χ1n) is 7.22. The third kappa shape index (κ3) is 5.72. The maximum atomic E-state index is 6.02. The quantitative estimate of drug-likeness (QED) is 0.425. The molecule has 2 rings (SSSR count). The molecule has 0 saturated heterocycles. The van der Waals surface area contributed by atoms with E-state index in [1.54, 1.807) is 19.1 Å². The largest absolute Gasteiger partial charge is 0.495 e. The van der Waals surface area contributed by atoms with Gasteiger partial charge in [-0.2, -0.15) is 0 Å². The SMILES string of the molecule is C#CCNSc1ccc(CCNc2cc(Cl)ccc2OC)cc1. The van der Waals surface area contributed by atoms with Crippen molar-refractivity contribution in [3.63, 3.8) is 0 Å². The summed E-state index contributed by atoms with van der Waals surface area (Å²) in [7, 11) is 1.65. The number of nitrogens with one attached hydrogen (secondary N) is 2. The van der Waals surface area contributed by atoms with Crippen molar-refractivity contribution in [2.24, 2.45) is 0 Å². The molecule has 0 spiro atoms. The molecule has 0 saturated carbocycles. The number of ether oxygens (including phenoxy) is 1. The number of anilines is 1. The highest BCUT2D eigenvalue weighted by Crippen LogP contribution is 2.27. The summed E-state index contributed by atoms with van der Waals surface area (Å²) < 4.78 is 8.42. The van der Waals surface area contributed by atoms with Crippen LogP contribution in [0.3, 0.4) is 0 Å². The molecule has 23 heavy (non-hydrogen) atoms. The molecule has 2 aromatic carbocycles. The van der Waals surface area contributed by atoms with E-state index in [9.17, 15) is 0 Å². The van der Waals surface area contributed by atoms with E-state index in [0.29, 0.717) is 11.6 Å².